The van der Waals surface area contributed by atoms with Crippen LogP contribution in [0.1, 0.15) is 0 Å². The zero-order chi connectivity index (χ0) is 13.8. The largest absolute Gasteiger partial charge is 0.351 e. The zero-order valence-electron chi connectivity index (χ0n) is 10.2. The molecule has 0 aliphatic rings. The zero-order valence-corrected chi connectivity index (χ0v) is 10.2. The third-order valence-electron chi connectivity index (χ3n) is 2.74. The highest BCUT2D eigenvalue weighted by atomic mass is 16.6. The van der Waals surface area contributed by atoms with E-state index in [4.69, 9.17) is 0 Å². The SMILES string of the molecule is C=CCNC(=O)Cn1ccc2c([N+](=O)[O-])cccc21. The second-order valence-electron chi connectivity index (χ2n) is 4.00. The molecule has 0 saturated carbocycles. The van der Waals surface area contributed by atoms with Crippen LogP contribution in [0.25, 0.3) is 10.9 Å². The molecule has 19 heavy (non-hydrogen) atoms. The topological polar surface area (TPSA) is 77.2 Å². The van der Waals surface area contributed by atoms with Crippen LogP contribution < -0.4 is 5.32 Å². The number of fused-ring (bicyclic) bond motifs is 1. The van der Waals surface area contributed by atoms with Gasteiger partial charge in [-0.1, -0.05) is 12.1 Å². The van der Waals surface area contributed by atoms with E-state index in [1.807, 2.05) is 0 Å². The highest BCUT2D eigenvalue weighted by molar-refractivity contribution is 5.90. The van der Waals surface area contributed by atoms with Crippen LogP contribution in [0.3, 0.4) is 0 Å². The van der Waals surface area contributed by atoms with Crippen molar-refractivity contribution in [1.29, 1.82) is 0 Å². The van der Waals surface area contributed by atoms with Crippen molar-refractivity contribution < 1.29 is 9.72 Å². The van der Waals surface area contributed by atoms with Crippen LogP contribution in [-0.4, -0.2) is 21.9 Å². The number of nitrogens with one attached hydrogen (secondary N) is 1. The van der Waals surface area contributed by atoms with Gasteiger partial charge in [-0.05, 0) is 12.1 Å². The molecule has 0 spiro atoms. The lowest BCUT2D eigenvalue weighted by atomic mass is 10.2. The van der Waals surface area contributed by atoms with Gasteiger partial charge >= 0.3 is 0 Å². The van der Waals surface area contributed by atoms with Gasteiger partial charge in [-0.3, -0.25) is 14.9 Å². The van der Waals surface area contributed by atoms with Gasteiger partial charge in [0.05, 0.1) is 15.8 Å². The van der Waals surface area contributed by atoms with Crippen molar-refractivity contribution in [2.45, 2.75) is 6.54 Å². The number of rotatable bonds is 5. The molecule has 0 atom stereocenters. The van der Waals surface area contributed by atoms with E-state index in [0.29, 0.717) is 17.4 Å². The van der Waals surface area contributed by atoms with Crippen molar-refractivity contribution in [3.05, 3.63) is 53.2 Å². The number of hydrogen-bond donors (Lipinski definition) is 1. The van der Waals surface area contributed by atoms with Crippen LogP contribution in [0.5, 0.6) is 0 Å². The molecule has 1 N–H and O–H groups in total. The van der Waals surface area contributed by atoms with Gasteiger partial charge in [0, 0.05) is 18.8 Å². The Morgan fingerprint density at radius 1 is 1.47 bits per heavy atom. The average molecular weight is 259 g/mol. The molecule has 6 nitrogen and oxygen atoms in total. The Balaban J connectivity index is 2.31. The van der Waals surface area contributed by atoms with Gasteiger partial charge in [-0.2, -0.15) is 0 Å². The fourth-order valence-corrected chi connectivity index (χ4v) is 1.90. The van der Waals surface area contributed by atoms with E-state index in [9.17, 15) is 14.9 Å². The molecule has 0 aliphatic carbocycles. The fourth-order valence-electron chi connectivity index (χ4n) is 1.90. The Bertz CT molecular complexity index is 646. The lowest BCUT2D eigenvalue weighted by molar-refractivity contribution is -0.383. The quantitative estimate of drug-likeness (QED) is 0.505. The number of hydrogen-bond acceptors (Lipinski definition) is 3. The summed E-state index contributed by atoms with van der Waals surface area (Å²) in [5.74, 6) is -0.163. The molecule has 0 radical (unpaired) electrons. The van der Waals surface area contributed by atoms with E-state index < -0.39 is 4.92 Å². The van der Waals surface area contributed by atoms with E-state index in [0.717, 1.165) is 0 Å². The summed E-state index contributed by atoms with van der Waals surface area (Å²) in [7, 11) is 0. The predicted octanol–water partition coefficient (Wildman–Crippen LogP) is 1.85. The maximum atomic E-state index is 11.6. The maximum Gasteiger partial charge on any atom is 0.278 e. The number of aromatic nitrogens is 1. The number of non-ortho nitro benzene ring substituents is 1. The van der Waals surface area contributed by atoms with Crippen molar-refractivity contribution >= 4 is 22.5 Å². The molecular formula is C13H13N3O3. The Hall–Kier alpha value is -2.63. The van der Waals surface area contributed by atoms with Crippen molar-refractivity contribution in [3.8, 4) is 0 Å². The first-order chi connectivity index (χ1) is 9.13. The second-order valence-corrected chi connectivity index (χ2v) is 4.00. The number of carbonyl (C=O) groups is 1. The Labute approximate surface area is 109 Å². The van der Waals surface area contributed by atoms with Gasteiger partial charge < -0.3 is 9.88 Å². The van der Waals surface area contributed by atoms with E-state index in [1.54, 1.807) is 35.0 Å². The first-order valence-corrected chi connectivity index (χ1v) is 5.73. The Kier molecular flexibility index (Phi) is 3.61. The molecule has 0 bridgehead atoms. The molecule has 0 unspecified atom stereocenters. The van der Waals surface area contributed by atoms with Crippen LogP contribution in [0.2, 0.25) is 0 Å². The van der Waals surface area contributed by atoms with Crippen LogP contribution in [0, 0.1) is 10.1 Å². The summed E-state index contributed by atoms with van der Waals surface area (Å²) in [6.45, 7) is 4.04. The number of carbonyl (C=O) groups excluding carboxylic acids is 1. The lowest BCUT2D eigenvalue weighted by Gasteiger charge is -2.05. The van der Waals surface area contributed by atoms with Crippen LogP contribution in [0.4, 0.5) is 5.69 Å². The molecule has 0 fully saturated rings. The molecule has 1 heterocycles. The first kappa shape index (κ1) is 12.8. The van der Waals surface area contributed by atoms with Crippen molar-refractivity contribution in [2.75, 3.05) is 6.54 Å². The van der Waals surface area contributed by atoms with Gasteiger partial charge in [0.25, 0.3) is 5.69 Å². The fraction of sp³-hybridized carbons (Fsp3) is 0.154. The minimum Gasteiger partial charge on any atom is -0.351 e. The van der Waals surface area contributed by atoms with E-state index in [1.165, 1.54) is 6.07 Å². The summed E-state index contributed by atoms with van der Waals surface area (Å²) < 4.78 is 1.68. The number of nitrogens with zero attached hydrogens (tertiary/aromatic N) is 2. The smallest absolute Gasteiger partial charge is 0.278 e. The third kappa shape index (κ3) is 2.62. The summed E-state index contributed by atoms with van der Waals surface area (Å²) in [5, 5.41) is 14.1. The Morgan fingerprint density at radius 3 is 2.95 bits per heavy atom. The van der Waals surface area contributed by atoms with Gasteiger partial charge in [-0.25, -0.2) is 0 Å². The molecule has 1 amide bonds. The normalized spacial score (nSPS) is 10.3. The number of benzene rings is 1. The summed E-state index contributed by atoms with van der Waals surface area (Å²) in [6, 6.07) is 6.46. The number of nitro groups is 1. The number of amides is 1. The summed E-state index contributed by atoms with van der Waals surface area (Å²) in [4.78, 5) is 22.1. The second kappa shape index (κ2) is 5.34. The van der Waals surface area contributed by atoms with E-state index >= 15 is 0 Å². The van der Waals surface area contributed by atoms with Crippen molar-refractivity contribution in [1.82, 2.24) is 9.88 Å². The summed E-state index contributed by atoms with van der Waals surface area (Å²) in [6.07, 6.45) is 3.27. The first-order valence-electron chi connectivity index (χ1n) is 5.73. The Morgan fingerprint density at radius 2 is 2.26 bits per heavy atom. The molecular weight excluding hydrogens is 246 g/mol. The van der Waals surface area contributed by atoms with Gasteiger partial charge in [0.2, 0.25) is 5.91 Å². The molecule has 2 aromatic rings. The maximum absolute atomic E-state index is 11.6. The highest BCUT2D eigenvalue weighted by Gasteiger charge is 2.14. The van der Waals surface area contributed by atoms with E-state index in [2.05, 4.69) is 11.9 Å². The van der Waals surface area contributed by atoms with Crippen LogP contribution in [-0.2, 0) is 11.3 Å². The monoisotopic (exact) mass is 259 g/mol. The van der Waals surface area contributed by atoms with Gasteiger partial charge in [0.1, 0.15) is 6.54 Å². The predicted molar refractivity (Wildman–Crippen MR) is 71.8 cm³/mol. The third-order valence-corrected chi connectivity index (χ3v) is 2.74. The van der Waals surface area contributed by atoms with E-state index in [-0.39, 0.29) is 18.1 Å². The minimum absolute atomic E-state index is 0.0442. The molecule has 1 aromatic carbocycles. The molecule has 1 aromatic heterocycles. The molecule has 0 saturated heterocycles. The molecule has 0 aliphatic heterocycles. The van der Waals surface area contributed by atoms with Gasteiger partial charge in [0.15, 0.2) is 0 Å². The van der Waals surface area contributed by atoms with Crippen molar-refractivity contribution in [3.63, 3.8) is 0 Å². The summed E-state index contributed by atoms with van der Waals surface area (Å²) >= 11 is 0. The number of nitro benzene ring substituents is 1. The standard InChI is InChI=1S/C13H13N3O3/c1-2-7-14-13(17)9-15-8-6-10-11(15)4-3-5-12(10)16(18)19/h2-6,8H,1,7,9H2,(H,14,17). The van der Waals surface area contributed by atoms with Crippen LogP contribution in [0.15, 0.2) is 43.1 Å². The molecule has 98 valence electrons. The molecule has 6 heteroatoms. The van der Waals surface area contributed by atoms with Crippen molar-refractivity contribution in [2.24, 2.45) is 0 Å². The summed E-state index contributed by atoms with van der Waals surface area (Å²) in [5.41, 5.74) is 0.714. The highest BCUT2D eigenvalue weighted by Crippen LogP contribution is 2.26. The lowest BCUT2D eigenvalue weighted by Crippen LogP contribution is -2.27. The van der Waals surface area contributed by atoms with Gasteiger partial charge in [-0.15, -0.1) is 6.58 Å². The molecule has 2 rings (SSSR count). The minimum atomic E-state index is -0.426. The van der Waals surface area contributed by atoms with Crippen LogP contribution >= 0.6 is 0 Å². The average Bonchev–Trinajstić information content (AvgIpc) is 2.79.